The van der Waals surface area contributed by atoms with E-state index in [0.29, 0.717) is 11.7 Å². The minimum absolute atomic E-state index is 0.104. The van der Waals surface area contributed by atoms with Gasteiger partial charge in [0.05, 0.1) is 0 Å². The van der Waals surface area contributed by atoms with Gasteiger partial charge >= 0.3 is 0 Å². The van der Waals surface area contributed by atoms with Crippen molar-refractivity contribution in [2.45, 2.75) is 47.0 Å². The molecule has 0 aliphatic rings. The van der Waals surface area contributed by atoms with Crippen LogP contribution in [0.3, 0.4) is 0 Å². The van der Waals surface area contributed by atoms with Crippen LogP contribution in [-0.2, 0) is 5.41 Å². The molecule has 1 aromatic rings. The van der Waals surface area contributed by atoms with Gasteiger partial charge in [-0.15, -0.1) is 0 Å². The largest absolute Gasteiger partial charge is 0.359 e. The lowest BCUT2D eigenvalue weighted by Crippen LogP contribution is -2.28. The number of anilines is 2. The van der Waals surface area contributed by atoms with Crippen molar-refractivity contribution in [3.63, 3.8) is 0 Å². The maximum atomic E-state index is 5.57. The van der Waals surface area contributed by atoms with Crippen molar-refractivity contribution in [1.29, 1.82) is 0 Å². The number of nitrogens with zero attached hydrogens (tertiary/aromatic N) is 3. The lowest BCUT2D eigenvalue weighted by molar-refractivity contribution is 0.542. The molecule has 0 atom stereocenters. The third-order valence-electron chi connectivity index (χ3n) is 2.93. The molecule has 0 saturated heterocycles. The number of rotatable bonds is 4. The summed E-state index contributed by atoms with van der Waals surface area (Å²) in [6.45, 7) is 13.6. The van der Waals surface area contributed by atoms with Crippen LogP contribution in [0.2, 0.25) is 0 Å². The number of nitrogen functional groups attached to an aromatic ring is 1. The molecule has 1 rings (SSSR count). The first-order valence-electron chi connectivity index (χ1n) is 6.73. The molecule has 108 valence electrons. The third kappa shape index (κ3) is 3.80. The van der Waals surface area contributed by atoms with Gasteiger partial charge in [0, 0.05) is 24.6 Å². The topological polar surface area (TPSA) is 67.1 Å². The van der Waals surface area contributed by atoms with E-state index in [-0.39, 0.29) is 5.41 Å². The second-order valence-corrected chi connectivity index (χ2v) is 6.51. The lowest BCUT2D eigenvalue weighted by atomic mass is 9.95. The SMILES string of the molecule is Cc1c(NN)nc(C(C)(C)C)nc1N(C)CC(C)C. The predicted octanol–water partition coefficient (Wildman–Crippen LogP) is 2.46. The van der Waals surface area contributed by atoms with Gasteiger partial charge in [0.15, 0.2) is 0 Å². The molecule has 0 amide bonds. The molecule has 0 fully saturated rings. The lowest BCUT2D eigenvalue weighted by Gasteiger charge is -2.26. The van der Waals surface area contributed by atoms with Gasteiger partial charge in [0.25, 0.3) is 0 Å². The van der Waals surface area contributed by atoms with Crippen LogP contribution in [0, 0.1) is 12.8 Å². The maximum absolute atomic E-state index is 5.57. The van der Waals surface area contributed by atoms with Crippen LogP contribution in [0.25, 0.3) is 0 Å². The van der Waals surface area contributed by atoms with Crippen molar-refractivity contribution in [2.24, 2.45) is 11.8 Å². The molecule has 0 aliphatic heterocycles. The fraction of sp³-hybridized carbons (Fsp3) is 0.714. The van der Waals surface area contributed by atoms with Crippen molar-refractivity contribution in [2.75, 3.05) is 23.9 Å². The first-order chi connectivity index (χ1) is 8.66. The van der Waals surface area contributed by atoms with E-state index in [4.69, 9.17) is 10.8 Å². The molecule has 3 N–H and O–H groups in total. The molecule has 0 spiro atoms. The van der Waals surface area contributed by atoms with Crippen molar-refractivity contribution < 1.29 is 0 Å². The van der Waals surface area contributed by atoms with Crippen molar-refractivity contribution in [3.05, 3.63) is 11.4 Å². The van der Waals surface area contributed by atoms with E-state index in [0.717, 1.165) is 23.8 Å². The van der Waals surface area contributed by atoms with Crippen LogP contribution in [0.4, 0.5) is 11.6 Å². The van der Waals surface area contributed by atoms with Gasteiger partial charge in [0.1, 0.15) is 17.5 Å². The molecule has 5 heteroatoms. The minimum atomic E-state index is -0.104. The molecule has 1 heterocycles. The highest BCUT2D eigenvalue weighted by Gasteiger charge is 2.22. The van der Waals surface area contributed by atoms with Gasteiger partial charge in [-0.1, -0.05) is 34.6 Å². The summed E-state index contributed by atoms with van der Waals surface area (Å²) in [5.74, 6) is 8.60. The van der Waals surface area contributed by atoms with Gasteiger partial charge in [-0.05, 0) is 12.8 Å². The molecule has 0 aliphatic carbocycles. The molecule has 0 radical (unpaired) electrons. The molecule has 1 aromatic heterocycles. The number of aromatic nitrogens is 2. The summed E-state index contributed by atoms with van der Waals surface area (Å²) in [5.41, 5.74) is 3.56. The highest BCUT2D eigenvalue weighted by atomic mass is 15.3. The third-order valence-corrected chi connectivity index (χ3v) is 2.93. The van der Waals surface area contributed by atoms with Gasteiger partial charge in [0.2, 0.25) is 0 Å². The van der Waals surface area contributed by atoms with Gasteiger partial charge in [-0.2, -0.15) is 0 Å². The van der Waals surface area contributed by atoms with E-state index in [1.165, 1.54) is 0 Å². The highest BCUT2D eigenvalue weighted by Crippen LogP contribution is 2.27. The summed E-state index contributed by atoms with van der Waals surface area (Å²) >= 11 is 0. The molecular formula is C14H27N5. The van der Waals surface area contributed by atoms with E-state index in [1.807, 2.05) is 6.92 Å². The molecule has 0 saturated carbocycles. The number of hydrazine groups is 1. The number of nitrogens with one attached hydrogen (secondary N) is 1. The van der Waals surface area contributed by atoms with Crippen LogP contribution in [0.1, 0.15) is 46.0 Å². The average molecular weight is 265 g/mol. The van der Waals surface area contributed by atoms with E-state index in [9.17, 15) is 0 Å². The summed E-state index contributed by atoms with van der Waals surface area (Å²) < 4.78 is 0. The first-order valence-corrected chi connectivity index (χ1v) is 6.73. The Hall–Kier alpha value is -1.36. The Morgan fingerprint density at radius 1 is 1.26 bits per heavy atom. The predicted molar refractivity (Wildman–Crippen MR) is 81.4 cm³/mol. The Bertz CT molecular complexity index is 434. The summed E-state index contributed by atoms with van der Waals surface area (Å²) in [6, 6.07) is 0. The molecule has 5 nitrogen and oxygen atoms in total. The van der Waals surface area contributed by atoms with Crippen molar-refractivity contribution >= 4 is 11.6 Å². The zero-order chi connectivity index (χ0) is 14.8. The van der Waals surface area contributed by atoms with E-state index in [2.05, 4.69) is 57.0 Å². The monoisotopic (exact) mass is 265 g/mol. The van der Waals surface area contributed by atoms with Gasteiger partial charge in [-0.3, -0.25) is 0 Å². The van der Waals surface area contributed by atoms with Crippen molar-refractivity contribution in [3.8, 4) is 0 Å². The second-order valence-electron chi connectivity index (χ2n) is 6.51. The van der Waals surface area contributed by atoms with Crippen LogP contribution in [-0.4, -0.2) is 23.6 Å². The summed E-state index contributed by atoms with van der Waals surface area (Å²) in [4.78, 5) is 11.4. The minimum Gasteiger partial charge on any atom is -0.359 e. The smallest absolute Gasteiger partial charge is 0.148 e. The van der Waals surface area contributed by atoms with E-state index >= 15 is 0 Å². The Balaban J connectivity index is 3.29. The van der Waals surface area contributed by atoms with E-state index < -0.39 is 0 Å². The fourth-order valence-electron chi connectivity index (χ4n) is 1.99. The Labute approximate surface area is 116 Å². The van der Waals surface area contributed by atoms with Crippen LogP contribution >= 0.6 is 0 Å². The Kier molecular flexibility index (Phi) is 4.74. The molecule has 0 aromatic carbocycles. The van der Waals surface area contributed by atoms with Crippen molar-refractivity contribution in [1.82, 2.24) is 9.97 Å². The molecular weight excluding hydrogens is 238 g/mol. The number of hydrogen-bond acceptors (Lipinski definition) is 5. The van der Waals surface area contributed by atoms with Crippen LogP contribution < -0.4 is 16.2 Å². The number of nitrogens with two attached hydrogens (primary N) is 1. The molecule has 19 heavy (non-hydrogen) atoms. The fourth-order valence-corrected chi connectivity index (χ4v) is 1.99. The Morgan fingerprint density at radius 3 is 2.26 bits per heavy atom. The number of hydrogen-bond donors (Lipinski definition) is 2. The molecule has 0 bridgehead atoms. The molecule has 0 unspecified atom stereocenters. The van der Waals surface area contributed by atoms with Crippen LogP contribution in [0.5, 0.6) is 0 Å². The normalized spacial score (nSPS) is 11.8. The van der Waals surface area contributed by atoms with Gasteiger partial charge in [-0.25, -0.2) is 15.8 Å². The summed E-state index contributed by atoms with van der Waals surface area (Å²) in [5, 5.41) is 0. The van der Waals surface area contributed by atoms with Gasteiger partial charge < -0.3 is 10.3 Å². The van der Waals surface area contributed by atoms with E-state index in [1.54, 1.807) is 0 Å². The maximum Gasteiger partial charge on any atom is 0.148 e. The Morgan fingerprint density at radius 2 is 1.84 bits per heavy atom. The zero-order valence-electron chi connectivity index (χ0n) is 13.2. The summed E-state index contributed by atoms with van der Waals surface area (Å²) in [7, 11) is 2.06. The standard InChI is InChI=1S/C14H27N5/c1-9(2)8-19(7)12-10(3)11(18-15)16-13(17-12)14(4,5)6/h9H,8,15H2,1-7H3,(H,16,17,18). The second kappa shape index (κ2) is 5.74. The first kappa shape index (κ1) is 15.7. The highest BCUT2D eigenvalue weighted by molar-refractivity contribution is 5.58. The zero-order valence-corrected chi connectivity index (χ0v) is 13.2. The quantitative estimate of drug-likeness (QED) is 0.646. The summed E-state index contributed by atoms with van der Waals surface area (Å²) in [6.07, 6.45) is 0. The average Bonchev–Trinajstić information content (AvgIpc) is 2.26. The van der Waals surface area contributed by atoms with Crippen LogP contribution in [0.15, 0.2) is 0 Å².